The summed E-state index contributed by atoms with van der Waals surface area (Å²) in [6.07, 6.45) is 3.47. The van der Waals surface area contributed by atoms with Crippen LogP contribution in [0.4, 0.5) is 0 Å². The van der Waals surface area contributed by atoms with E-state index in [0.717, 1.165) is 30.0 Å². The van der Waals surface area contributed by atoms with Crippen molar-refractivity contribution in [3.8, 4) is 11.5 Å². The minimum absolute atomic E-state index is 0.0444. The van der Waals surface area contributed by atoms with Crippen LogP contribution in [0.3, 0.4) is 0 Å². The van der Waals surface area contributed by atoms with Gasteiger partial charge in [0.2, 0.25) is 0 Å². The second-order valence-electron chi connectivity index (χ2n) is 5.65. The van der Waals surface area contributed by atoms with Gasteiger partial charge in [0.05, 0.1) is 13.7 Å². The number of Topliss-reactive ketones (excluding diaryl/α,β-unsaturated/α-hetero) is 1. The van der Waals surface area contributed by atoms with E-state index in [1.807, 2.05) is 24.3 Å². The first-order valence-electron chi connectivity index (χ1n) is 7.41. The number of benzene rings is 1. The smallest absolute Gasteiger partial charge is 0.161 e. The van der Waals surface area contributed by atoms with Crippen molar-refractivity contribution in [2.75, 3.05) is 13.7 Å². The number of hydrogen-bond acceptors (Lipinski definition) is 4. The van der Waals surface area contributed by atoms with Gasteiger partial charge in [-0.05, 0) is 43.5 Å². The van der Waals surface area contributed by atoms with Crippen LogP contribution in [0.5, 0.6) is 11.5 Å². The van der Waals surface area contributed by atoms with Crippen molar-refractivity contribution in [3.05, 3.63) is 53.3 Å². The number of rotatable bonds is 4. The summed E-state index contributed by atoms with van der Waals surface area (Å²) in [6.45, 7) is 2.23. The molecular weight excluding hydrogens is 278 g/mol. The Morgan fingerprint density at radius 1 is 1.36 bits per heavy atom. The van der Waals surface area contributed by atoms with Crippen molar-refractivity contribution < 1.29 is 14.3 Å². The van der Waals surface area contributed by atoms with E-state index in [1.165, 1.54) is 5.56 Å². The fourth-order valence-corrected chi connectivity index (χ4v) is 2.72. The summed E-state index contributed by atoms with van der Waals surface area (Å²) in [6, 6.07) is 9.73. The summed E-state index contributed by atoms with van der Waals surface area (Å²) in [5, 5.41) is 0. The molecule has 22 heavy (non-hydrogen) atoms. The molecule has 114 valence electrons. The van der Waals surface area contributed by atoms with Crippen LogP contribution in [0, 0.1) is 5.92 Å². The molecule has 0 fully saturated rings. The minimum Gasteiger partial charge on any atom is -0.497 e. The quantitative estimate of drug-likeness (QED) is 0.814. The molecule has 1 aliphatic rings. The number of carbonyl (C=O) groups excluding carboxylic acids is 1. The van der Waals surface area contributed by atoms with Crippen molar-refractivity contribution in [3.63, 3.8) is 0 Å². The van der Waals surface area contributed by atoms with E-state index in [9.17, 15) is 4.79 Å². The molecule has 0 spiro atoms. The Kier molecular flexibility index (Phi) is 4.09. The molecular formula is C18H19NO3. The lowest BCUT2D eigenvalue weighted by atomic mass is 9.92. The van der Waals surface area contributed by atoms with Gasteiger partial charge in [0, 0.05) is 29.4 Å². The summed E-state index contributed by atoms with van der Waals surface area (Å²) >= 11 is 0. The van der Waals surface area contributed by atoms with Gasteiger partial charge in [0.1, 0.15) is 11.5 Å². The first-order valence-corrected chi connectivity index (χ1v) is 7.41. The summed E-state index contributed by atoms with van der Waals surface area (Å²) in [7, 11) is 1.66. The van der Waals surface area contributed by atoms with Crippen LogP contribution >= 0.6 is 0 Å². The van der Waals surface area contributed by atoms with Gasteiger partial charge < -0.3 is 9.47 Å². The predicted molar refractivity (Wildman–Crippen MR) is 83.6 cm³/mol. The Bertz CT molecular complexity index is 679. The Labute approximate surface area is 130 Å². The number of ether oxygens (including phenoxy) is 2. The van der Waals surface area contributed by atoms with Gasteiger partial charge in [-0.1, -0.05) is 6.07 Å². The van der Waals surface area contributed by atoms with Crippen molar-refractivity contribution in [1.82, 2.24) is 4.98 Å². The van der Waals surface area contributed by atoms with Crippen molar-refractivity contribution in [1.29, 1.82) is 0 Å². The number of carbonyl (C=O) groups is 1. The summed E-state index contributed by atoms with van der Waals surface area (Å²) in [5.41, 5.74) is 2.86. The molecule has 1 aromatic carbocycles. The molecule has 1 atom stereocenters. The zero-order valence-corrected chi connectivity index (χ0v) is 12.8. The van der Waals surface area contributed by atoms with Crippen LogP contribution in [0.1, 0.15) is 28.5 Å². The van der Waals surface area contributed by atoms with Gasteiger partial charge in [-0.3, -0.25) is 9.78 Å². The van der Waals surface area contributed by atoms with E-state index < -0.39 is 0 Å². The average Bonchev–Trinajstić information content (AvgIpc) is 2.55. The molecule has 0 aliphatic carbocycles. The molecule has 2 heterocycles. The van der Waals surface area contributed by atoms with Gasteiger partial charge in [-0.2, -0.15) is 0 Å². The molecule has 1 aromatic heterocycles. The molecule has 2 aromatic rings. The number of pyridine rings is 1. The summed E-state index contributed by atoms with van der Waals surface area (Å²) < 4.78 is 11.1. The average molecular weight is 297 g/mol. The van der Waals surface area contributed by atoms with Gasteiger partial charge >= 0.3 is 0 Å². The van der Waals surface area contributed by atoms with E-state index in [2.05, 4.69) is 11.1 Å². The molecule has 0 saturated carbocycles. The fourth-order valence-electron chi connectivity index (χ4n) is 2.72. The van der Waals surface area contributed by atoms with Crippen molar-refractivity contribution in [2.24, 2.45) is 5.92 Å². The molecule has 0 bridgehead atoms. The number of nitrogens with zero attached hydrogens (tertiary/aromatic N) is 1. The number of fused-ring (bicyclic) bond motifs is 1. The van der Waals surface area contributed by atoms with E-state index >= 15 is 0 Å². The number of ketones is 1. The van der Waals surface area contributed by atoms with Crippen LogP contribution < -0.4 is 9.47 Å². The molecule has 0 saturated heterocycles. The van der Waals surface area contributed by atoms with Crippen LogP contribution in [-0.2, 0) is 12.8 Å². The highest BCUT2D eigenvalue weighted by Crippen LogP contribution is 2.31. The highest BCUT2D eigenvalue weighted by molar-refractivity contribution is 5.93. The van der Waals surface area contributed by atoms with Crippen LogP contribution in [0.2, 0.25) is 0 Å². The fraction of sp³-hybridized carbons (Fsp3) is 0.333. The third-order valence-corrected chi connectivity index (χ3v) is 3.99. The Morgan fingerprint density at radius 3 is 2.91 bits per heavy atom. The molecule has 3 rings (SSSR count). The third-order valence-electron chi connectivity index (χ3n) is 3.99. The maximum absolute atomic E-state index is 11.3. The molecule has 0 radical (unpaired) electrons. The second kappa shape index (κ2) is 6.18. The van der Waals surface area contributed by atoms with Gasteiger partial charge in [0.25, 0.3) is 0 Å². The molecule has 4 nitrogen and oxygen atoms in total. The van der Waals surface area contributed by atoms with Crippen LogP contribution in [0.25, 0.3) is 0 Å². The second-order valence-corrected chi connectivity index (χ2v) is 5.65. The topological polar surface area (TPSA) is 48.4 Å². The van der Waals surface area contributed by atoms with Crippen LogP contribution in [0.15, 0.2) is 36.5 Å². The molecule has 0 amide bonds. The molecule has 1 aliphatic heterocycles. The highest BCUT2D eigenvalue weighted by atomic mass is 16.5. The highest BCUT2D eigenvalue weighted by Gasteiger charge is 2.21. The Balaban J connectivity index is 1.68. The lowest BCUT2D eigenvalue weighted by molar-refractivity contribution is 0.101. The molecule has 0 unspecified atom stereocenters. The van der Waals surface area contributed by atoms with E-state index in [0.29, 0.717) is 18.1 Å². The predicted octanol–water partition coefficient (Wildman–Crippen LogP) is 3.09. The van der Waals surface area contributed by atoms with Crippen molar-refractivity contribution >= 4 is 5.78 Å². The summed E-state index contributed by atoms with van der Waals surface area (Å²) in [4.78, 5) is 15.6. The van der Waals surface area contributed by atoms with Crippen molar-refractivity contribution in [2.45, 2.75) is 19.8 Å². The maximum Gasteiger partial charge on any atom is 0.161 e. The van der Waals surface area contributed by atoms with E-state index in [-0.39, 0.29) is 5.78 Å². The Morgan fingerprint density at radius 2 is 2.23 bits per heavy atom. The molecule has 0 N–H and O–H groups in total. The first kappa shape index (κ1) is 14.6. The first-order chi connectivity index (χ1) is 10.7. The van der Waals surface area contributed by atoms with Gasteiger partial charge in [0.15, 0.2) is 5.78 Å². The number of aromatic nitrogens is 1. The van der Waals surface area contributed by atoms with Crippen LogP contribution in [-0.4, -0.2) is 24.5 Å². The third kappa shape index (κ3) is 3.11. The monoisotopic (exact) mass is 297 g/mol. The number of methoxy groups -OCH3 is 1. The minimum atomic E-state index is 0.0444. The van der Waals surface area contributed by atoms with Gasteiger partial charge in [-0.15, -0.1) is 0 Å². The SMILES string of the molecule is COc1ccc2c(c1)OC[C@H](Cc1ccc(C(C)=O)cn1)C2. The summed E-state index contributed by atoms with van der Waals surface area (Å²) in [5.74, 6) is 2.17. The normalized spacial score (nSPS) is 16.5. The standard InChI is InChI=1S/C18H19NO3/c1-12(20)15-3-5-16(19-10-15)8-13-7-14-4-6-17(21-2)9-18(14)22-11-13/h3-6,9-10,13H,7-8,11H2,1-2H3/t13-/m0/s1. The van der Waals surface area contributed by atoms with Gasteiger partial charge in [-0.25, -0.2) is 0 Å². The Hall–Kier alpha value is -2.36. The number of hydrogen-bond donors (Lipinski definition) is 0. The zero-order chi connectivity index (χ0) is 15.5. The maximum atomic E-state index is 11.3. The van der Waals surface area contributed by atoms with E-state index in [4.69, 9.17) is 9.47 Å². The molecule has 4 heteroatoms. The lowest BCUT2D eigenvalue weighted by Crippen LogP contribution is -2.23. The largest absolute Gasteiger partial charge is 0.497 e. The lowest BCUT2D eigenvalue weighted by Gasteiger charge is -2.25. The van der Waals surface area contributed by atoms with E-state index in [1.54, 1.807) is 20.2 Å². The zero-order valence-electron chi connectivity index (χ0n) is 12.8.